The van der Waals surface area contributed by atoms with E-state index in [1.165, 1.54) is 36.1 Å². The Kier molecular flexibility index (Phi) is 2.15. The van der Waals surface area contributed by atoms with Gasteiger partial charge in [-0.15, -0.1) is 10.2 Å². The first kappa shape index (κ1) is 10.1. The molecule has 4 nitrogen and oxygen atoms in total. The van der Waals surface area contributed by atoms with Gasteiger partial charge < -0.3 is 9.88 Å². The highest BCUT2D eigenvalue weighted by Crippen LogP contribution is 2.38. The number of nitrogens with zero attached hydrogens (tertiary/aromatic N) is 3. The third-order valence-electron chi connectivity index (χ3n) is 3.82. The Labute approximate surface area is 106 Å². The Balaban J connectivity index is 1.77. The fourth-order valence-corrected chi connectivity index (χ4v) is 2.68. The van der Waals surface area contributed by atoms with Gasteiger partial charge >= 0.3 is 0 Å². The third-order valence-corrected chi connectivity index (χ3v) is 3.82. The molecule has 0 amide bonds. The van der Waals surface area contributed by atoms with Crippen LogP contribution in [0.1, 0.15) is 30.9 Å². The van der Waals surface area contributed by atoms with Crippen LogP contribution in [0.4, 0.5) is 5.69 Å². The van der Waals surface area contributed by atoms with Gasteiger partial charge in [0.15, 0.2) is 5.82 Å². The minimum absolute atomic E-state index is 0.629. The van der Waals surface area contributed by atoms with Crippen LogP contribution in [0.25, 0.3) is 11.4 Å². The molecule has 18 heavy (non-hydrogen) atoms. The van der Waals surface area contributed by atoms with Crippen LogP contribution in [-0.2, 0) is 6.42 Å². The van der Waals surface area contributed by atoms with Gasteiger partial charge in [-0.25, -0.2) is 0 Å². The van der Waals surface area contributed by atoms with Gasteiger partial charge in [-0.1, -0.05) is 0 Å². The maximum absolute atomic E-state index is 4.29. The number of fused-ring (bicyclic) bond motifs is 1. The molecule has 1 aliphatic carbocycles. The number of rotatable bonds is 2. The summed E-state index contributed by atoms with van der Waals surface area (Å²) in [6.45, 7) is 1.09. The second-order valence-corrected chi connectivity index (χ2v) is 5.20. The average molecular weight is 240 g/mol. The molecule has 1 saturated carbocycles. The molecule has 2 heterocycles. The molecule has 1 N–H and O–H groups in total. The molecule has 0 unspecified atom stereocenters. The molecular formula is C14H16N4. The number of aromatic nitrogens is 3. The van der Waals surface area contributed by atoms with Crippen molar-refractivity contribution in [3.05, 3.63) is 30.1 Å². The van der Waals surface area contributed by atoms with Crippen LogP contribution in [0, 0.1) is 0 Å². The first-order valence-corrected chi connectivity index (χ1v) is 6.68. The van der Waals surface area contributed by atoms with Crippen LogP contribution in [0.3, 0.4) is 0 Å². The summed E-state index contributed by atoms with van der Waals surface area (Å²) in [5.41, 5.74) is 3.88. The van der Waals surface area contributed by atoms with Crippen LogP contribution < -0.4 is 5.32 Å². The van der Waals surface area contributed by atoms with E-state index in [0.717, 1.165) is 18.8 Å². The number of benzene rings is 1. The summed E-state index contributed by atoms with van der Waals surface area (Å²) in [7, 11) is 0. The molecule has 0 spiro atoms. The van der Waals surface area contributed by atoms with Gasteiger partial charge in [0.05, 0.1) is 0 Å². The van der Waals surface area contributed by atoms with E-state index in [1.54, 1.807) is 0 Å². The van der Waals surface area contributed by atoms with Gasteiger partial charge in [0, 0.05) is 23.8 Å². The number of anilines is 1. The standard InChI is InChI=1S/C14H16N4/c1-2-10-8-11(3-6-13(10)15-7-1)14-17-16-9-18(14)12-4-5-12/h3,6,8-9,12,15H,1-2,4-5,7H2. The molecule has 1 aliphatic heterocycles. The number of hydrogen-bond donors (Lipinski definition) is 1. The Bertz CT molecular complexity index is 583. The zero-order valence-electron chi connectivity index (χ0n) is 10.3. The van der Waals surface area contributed by atoms with E-state index in [2.05, 4.69) is 38.3 Å². The quantitative estimate of drug-likeness (QED) is 0.877. The lowest BCUT2D eigenvalue weighted by Gasteiger charge is -2.18. The van der Waals surface area contributed by atoms with Gasteiger partial charge in [-0.3, -0.25) is 0 Å². The summed E-state index contributed by atoms with van der Waals surface area (Å²) in [5, 5.41) is 11.8. The fourth-order valence-electron chi connectivity index (χ4n) is 2.68. The van der Waals surface area contributed by atoms with Crippen LogP contribution in [0.2, 0.25) is 0 Å². The summed E-state index contributed by atoms with van der Waals surface area (Å²) in [6.07, 6.45) is 6.76. The second kappa shape index (κ2) is 3.83. The van der Waals surface area contributed by atoms with E-state index >= 15 is 0 Å². The molecule has 2 aliphatic rings. The first-order chi connectivity index (χ1) is 8.92. The second-order valence-electron chi connectivity index (χ2n) is 5.20. The molecule has 4 heteroatoms. The van der Waals surface area contributed by atoms with Crippen molar-refractivity contribution in [2.45, 2.75) is 31.7 Å². The van der Waals surface area contributed by atoms with Crippen LogP contribution >= 0.6 is 0 Å². The molecule has 2 aromatic rings. The lowest BCUT2D eigenvalue weighted by atomic mass is 10.0. The highest BCUT2D eigenvalue weighted by molar-refractivity contribution is 5.64. The summed E-state index contributed by atoms with van der Waals surface area (Å²) in [6, 6.07) is 7.23. The minimum atomic E-state index is 0.629. The molecule has 1 aromatic heterocycles. The molecule has 1 fully saturated rings. The van der Waals surface area contributed by atoms with Gasteiger partial charge in [0.1, 0.15) is 6.33 Å². The molecule has 0 atom stereocenters. The Morgan fingerprint density at radius 3 is 3.11 bits per heavy atom. The van der Waals surface area contributed by atoms with Crippen LogP contribution in [0.15, 0.2) is 24.5 Å². The minimum Gasteiger partial charge on any atom is -0.385 e. The number of nitrogens with one attached hydrogen (secondary N) is 1. The van der Waals surface area contributed by atoms with E-state index in [9.17, 15) is 0 Å². The van der Waals surface area contributed by atoms with E-state index in [1.807, 2.05) is 6.33 Å². The van der Waals surface area contributed by atoms with Gasteiger partial charge in [-0.05, 0) is 49.4 Å². The monoisotopic (exact) mass is 240 g/mol. The van der Waals surface area contributed by atoms with Crippen molar-refractivity contribution in [2.24, 2.45) is 0 Å². The fraction of sp³-hybridized carbons (Fsp3) is 0.429. The highest BCUT2D eigenvalue weighted by atomic mass is 15.3. The maximum atomic E-state index is 4.29. The summed E-state index contributed by atoms with van der Waals surface area (Å²) in [4.78, 5) is 0. The number of aryl methyl sites for hydroxylation is 1. The molecule has 0 radical (unpaired) electrons. The SMILES string of the molecule is c1cc2c(cc1-c1nncn1C1CC1)CCCN2. The van der Waals surface area contributed by atoms with Crippen molar-refractivity contribution in [3.8, 4) is 11.4 Å². The van der Waals surface area contributed by atoms with E-state index < -0.39 is 0 Å². The first-order valence-electron chi connectivity index (χ1n) is 6.68. The Morgan fingerprint density at radius 2 is 2.22 bits per heavy atom. The van der Waals surface area contributed by atoms with Crippen molar-refractivity contribution in [3.63, 3.8) is 0 Å². The average Bonchev–Trinajstić information content (AvgIpc) is 3.16. The molecule has 4 rings (SSSR count). The van der Waals surface area contributed by atoms with Crippen molar-refractivity contribution in [1.29, 1.82) is 0 Å². The lowest BCUT2D eigenvalue weighted by molar-refractivity contribution is 0.745. The largest absolute Gasteiger partial charge is 0.385 e. The van der Waals surface area contributed by atoms with Gasteiger partial charge in [0.2, 0.25) is 0 Å². The van der Waals surface area contributed by atoms with Gasteiger partial charge in [-0.2, -0.15) is 0 Å². The topological polar surface area (TPSA) is 42.7 Å². The van der Waals surface area contributed by atoms with Crippen molar-refractivity contribution in [2.75, 3.05) is 11.9 Å². The van der Waals surface area contributed by atoms with E-state index in [4.69, 9.17) is 0 Å². The smallest absolute Gasteiger partial charge is 0.164 e. The maximum Gasteiger partial charge on any atom is 0.164 e. The molecule has 1 aromatic carbocycles. The number of hydrogen-bond acceptors (Lipinski definition) is 3. The summed E-state index contributed by atoms with van der Waals surface area (Å²) in [5.74, 6) is 1.02. The Hall–Kier alpha value is -1.84. The zero-order valence-corrected chi connectivity index (χ0v) is 10.3. The van der Waals surface area contributed by atoms with Crippen molar-refractivity contribution in [1.82, 2.24) is 14.8 Å². The predicted molar refractivity (Wildman–Crippen MR) is 70.5 cm³/mol. The van der Waals surface area contributed by atoms with Crippen LogP contribution in [0.5, 0.6) is 0 Å². The molecule has 0 saturated heterocycles. The van der Waals surface area contributed by atoms with Crippen LogP contribution in [-0.4, -0.2) is 21.3 Å². The molecule has 92 valence electrons. The van der Waals surface area contributed by atoms with Crippen molar-refractivity contribution >= 4 is 5.69 Å². The highest BCUT2D eigenvalue weighted by Gasteiger charge is 2.26. The molecular weight excluding hydrogens is 224 g/mol. The third kappa shape index (κ3) is 1.60. The predicted octanol–water partition coefficient (Wildman–Crippen LogP) is 2.64. The lowest BCUT2D eigenvalue weighted by Crippen LogP contribution is -2.11. The van der Waals surface area contributed by atoms with E-state index in [0.29, 0.717) is 6.04 Å². The zero-order chi connectivity index (χ0) is 11.9. The van der Waals surface area contributed by atoms with Crippen molar-refractivity contribution < 1.29 is 0 Å². The summed E-state index contributed by atoms with van der Waals surface area (Å²) >= 11 is 0. The summed E-state index contributed by atoms with van der Waals surface area (Å²) < 4.78 is 2.22. The normalized spacial score (nSPS) is 18.2. The van der Waals surface area contributed by atoms with Gasteiger partial charge in [0.25, 0.3) is 0 Å². The van der Waals surface area contributed by atoms with E-state index in [-0.39, 0.29) is 0 Å². The Morgan fingerprint density at radius 1 is 1.28 bits per heavy atom. The molecule has 0 bridgehead atoms.